The fourth-order valence-corrected chi connectivity index (χ4v) is 4.54. The van der Waals surface area contributed by atoms with Gasteiger partial charge in [-0.1, -0.05) is 42.5 Å². The number of nitrogens with one attached hydrogen (secondary N) is 1. The van der Waals surface area contributed by atoms with E-state index in [0.717, 1.165) is 30.8 Å². The predicted molar refractivity (Wildman–Crippen MR) is 102 cm³/mol. The summed E-state index contributed by atoms with van der Waals surface area (Å²) in [5.74, 6) is -1.16. The van der Waals surface area contributed by atoms with E-state index in [0.29, 0.717) is 19.2 Å². The number of anilines is 1. The van der Waals surface area contributed by atoms with Crippen molar-refractivity contribution in [1.82, 2.24) is 0 Å². The highest BCUT2D eigenvalue weighted by molar-refractivity contribution is 6.18. The van der Waals surface area contributed by atoms with Gasteiger partial charge in [0.25, 0.3) is 11.7 Å². The van der Waals surface area contributed by atoms with Crippen LogP contribution in [0.15, 0.2) is 48.5 Å². The maximum Gasteiger partial charge on any atom is 0.296 e. The molecule has 3 heterocycles. The van der Waals surface area contributed by atoms with Gasteiger partial charge < -0.3 is 14.4 Å². The van der Waals surface area contributed by atoms with E-state index in [2.05, 4.69) is 24.3 Å². The number of alkyl halides is 1. The fraction of sp³-hybridized carbons (Fsp3) is 0.381. The topological polar surface area (TPSA) is 43.2 Å². The molecule has 0 radical (unpaired) electrons. The molecule has 5 rings (SSSR count). The number of hydrogen-bond donors (Lipinski definition) is 1. The maximum atomic E-state index is 13.4. The van der Waals surface area contributed by atoms with Gasteiger partial charge in [-0.3, -0.25) is 9.69 Å². The van der Waals surface area contributed by atoms with E-state index < -0.39 is 5.79 Å². The first-order chi connectivity index (χ1) is 13.2. The monoisotopic (exact) mass is 385 g/mol. The first-order valence-corrected chi connectivity index (χ1v) is 9.94. The van der Waals surface area contributed by atoms with Gasteiger partial charge in [-0.15, -0.1) is 11.6 Å². The number of quaternary nitrogens is 1. The zero-order chi connectivity index (χ0) is 18.4. The van der Waals surface area contributed by atoms with Gasteiger partial charge in [-0.25, -0.2) is 0 Å². The molecule has 0 bridgehead atoms. The number of rotatable bonds is 3. The lowest BCUT2D eigenvalue weighted by atomic mass is 10.0. The van der Waals surface area contributed by atoms with E-state index in [1.807, 2.05) is 29.2 Å². The van der Waals surface area contributed by atoms with E-state index in [1.165, 1.54) is 16.0 Å². The third kappa shape index (κ3) is 2.69. The van der Waals surface area contributed by atoms with Crippen LogP contribution in [0, 0.1) is 0 Å². The Balaban J connectivity index is 1.43. The van der Waals surface area contributed by atoms with Crippen LogP contribution in [0.3, 0.4) is 0 Å². The van der Waals surface area contributed by atoms with Crippen LogP contribution in [0.1, 0.15) is 16.7 Å². The molecule has 3 aliphatic heterocycles. The maximum absolute atomic E-state index is 13.4. The normalized spacial score (nSPS) is 29.2. The zero-order valence-electron chi connectivity index (χ0n) is 15.0. The summed E-state index contributed by atoms with van der Waals surface area (Å²) in [6.07, 6.45) is 0.764. The lowest BCUT2D eigenvalue weighted by Gasteiger charge is -2.30. The molecular formula is C21H22ClN2O3+. The van der Waals surface area contributed by atoms with Crippen molar-refractivity contribution in [2.24, 2.45) is 0 Å². The minimum Gasteiger partial charge on any atom is -0.336 e. The molecule has 140 valence electrons. The number of hydrogen-bond acceptors (Lipinski definition) is 3. The van der Waals surface area contributed by atoms with Crippen molar-refractivity contribution in [2.75, 3.05) is 30.6 Å². The number of carbonyl (C=O) groups excluding carboxylic acids is 1. The van der Waals surface area contributed by atoms with Crippen LogP contribution in [-0.2, 0) is 33.0 Å². The SMILES string of the molecule is O=C1N(C[NH+]2CCc3ccccc3C2)c2ccccc2[C@]12OC[C@H](CCl)O2. The quantitative estimate of drug-likeness (QED) is 0.813. The largest absolute Gasteiger partial charge is 0.336 e. The van der Waals surface area contributed by atoms with E-state index in [1.54, 1.807) is 0 Å². The molecule has 1 fully saturated rings. The molecule has 0 saturated carbocycles. The standard InChI is InChI=1S/C21H21ClN2O3/c22-11-17-13-26-21(27-17)18-7-3-4-8-19(18)24(20(21)25)14-23-10-9-15-5-1-2-6-16(15)12-23/h1-8,17H,9-14H2/p+1/t17-,21+/m0/s1. The zero-order valence-corrected chi connectivity index (χ0v) is 15.7. The lowest BCUT2D eigenvalue weighted by Crippen LogP contribution is -3.13. The molecule has 1 saturated heterocycles. The highest BCUT2D eigenvalue weighted by atomic mass is 35.5. The van der Waals surface area contributed by atoms with Gasteiger partial charge in [0, 0.05) is 17.5 Å². The van der Waals surface area contributed by atoms with Gasteiger partial charge in [0.15, 0.2) is 6.67 Å². The average Bonchev–Trinajstić information content (AvgIpc) is 3.25. The molecule has 1 unspecified atom stereocenters. The molecule has 0 aliphatic carbocycles. The van der Waals surface area contributed by atoms with Crippen molar-refractivity contribution in [1.29, 1.82) is 0 Å². The molecule has 1 N–H and O–H groups in total. The minimum atomic E-state index is -1.33. The molecular weight excluding hydrogens is 364 g/mol. The van der Waals surface area contributed by atoms with Gasteiger partial charge in [0.05, 0.1) is 30.8 Å². The molecule has 1 spiro atoms. The number of ether oxygens (including phenoxy) is 2. The molecule has 5 nitrogen and oxygen atoms in total. The minimum absolute atomic E-state index is 0.136. The molecule has 6 heteroatoms. The van der Waals surface area contributed by atoms with E-state index in [4.69, 9.17) is 21.1 Å². The summed E-state index contributed by atoms with van der Waals surface area (Å²) in [6, 6.07) is 16.3. The van der Waals surface area contributed by atoms with Crippen LogP contribution in [0.25, 0.3) is 0 Å². The molecule has 2 aromatic rings. The highest BCUT2D eigenvalue weighted by Crippen LogP contribution is 2.46. The summed E-state index contributed by atoms with van der Waals surface area (Å²) >= 11 is 5.95. The van der Waals surface area contributed by atoms with Crippen molar-refractivity contribution in [3.63, 3.8) is 0 Å². The van der Waals surface area contributed by atoms with Crippen LogP contribution in [0.2, 0.25) is 0 Å². The number of amides is 1. The smallest absolute Gasteiger partial charge is 0.296 e. The van der Waals surface area contributed by atoms with Gasteiger partial charge in [0.1, 0.15) is 6.54 Å². The van der Waals surface area contributed by atoms with Crippen LogP contribution < -0.4 is 9.80 Å². The average molecular weight is 386 g/mol. The van der Waals surface area contributed by atoms with E-state index in [9.17, 15) is 4.79 Å². The van der Waals surface area contributed by atoms with Crippen molar-refractivity contribution >= 4 is 23.2 Å². The second-order valence-corrected chi connectivity index (χ2v) is 7.73. The van der Waals surface area contributed by atoms with Crippen molar-refractivity contribution in [3.05, 3.63) is 65.2 Å². The Morgan fingerprint density at radius 3 is 2.74 bits per heavy atom. The van der Waals surface area contributed by atoms with Crippen LogP contribution in [-0.4, -0.2) is 37.7 Å². The Morgan fingerprint density at radius 2 is 1.93 bits per heavy atom. The molecule has 27 heavy (non-hydrogen) atoms. The van der Waals surface area contributed by atoms with Gasteiger partial charge >= 0.3 is 0 Å². The number of fused-ring (bicyclic) bond motifs is 3. The first-order valence-electron chi connectivity index (χ1n) is 9.41. The third-order valence-corrected chi connectivity index (χ3v) is 6.09. The molecule has 3 atom stereocenters. The highest BCUT2D eigenvalue weighted by Gasteiger charge is 2.58. The second-order valence-electron chi connectivity index (χ2n) is 7.43. The van der Waals surface area contributed by atoms with E-state index >= 15 is 0 Å². The number of nitrogens with zero attached hydrogens (tertiary/aromatic N) is 1. The summed E-state index contributed by atoms with van der Waals surface area (Å²) in [7, 11) is 0. The summed E-state index contributed by atoms with van der Waals surface area (Å²) in [5, 5.41) is 0. The van der Waals surface area contributed by atoms with Crippen molar-refractivity contribution in [3.8, 4) is 0 Å². The number of benzene rings is 2. The Morgan fingerprint density at radius 1 is 1.15 bits per heavy atom. The Kier molecular flexibility index (Phi) is 4.20. The summed E-state index contributed by atoms with van der Waals surface area (Å²) in [4.78, 5) is 16.6. The molecule has 3 aliphatic rings. The molecule has 0 aromatic heterocycles. The summed E-state index contributed by atoms with van der Waals surface area (Å²) in [6.45, 7) is 2.86. The Bertz CT molecular complexity index is 889. The molecule has 2 aromatic carbocycles. The number of halogens is 1. The Hall–Kier alpha value is -1.92. The van der Waals surface area contributed by atoms with Gasteiger partial charge in [-0.05, 0) is 11.6 Å². The number of carbonyl (C=O) groups is 1. The Labute approximate surface area is 163 Å². The molecule has 1 amide bonds. The van der Waals surface area contributed by atoms with Gasteiger partial charge in [-0.2, -0.15) is 0 Å². The fourth-order valence-electron chi connectivity index (χ4n) is 4.39. The van der Waals surface area contributed by atoms with Crippen LogP contribution >= 0.6 is 11.6 Å². The second kappa shape index (κ2) is 6.60. The lowest BCUT2D eigenvalue weighted by molar-refractivity contribution is -0.914. The number of para-hydroxylation sites is 1. The van der Waals surface area contributed by atoms with Crippen molar-refractivity contribution < 1.29 is 19.2 Å². The van der Waals surface area contributed by atoms with Crippen molar-refractivity contribution in [2.45, 2.75) is 24.9 Å². The first kappa shape index (κ1) is 17.2. The van der Waals surface area contributed by atoms with Gasteiger partial charge in [0.2, 0.25) is 0 Å². The van der Waals surface area contributed by atoms with E-state index in [-0.39, 0.29) is 12.0 Å². The predicted octanol–water partition coefficient (Wildman–Crippen LogP) is 1.44. The van der Waals surface area contributed by atoms with Crippen LogP contribution in [0.5, 0.6) is 0 Å². The summed E-state index contributed by atoms with van der Waals surface area (Å²) in [5.41, 5.74) is 4.45. The third-order valence-electron chi connectivity index (χ3n) is 5.74. The summed E-state index contributed by atoms with van der Waals surface area (Å²) < 4.78 is 11.9. The van der Waals surface area contributed by atoms with Crippen LogP contribution in [0.4, 0.5) is 5.69 Å².